The van der Waals surface area contributed by atoms with E-state index in [4.69, 9.17) is 0 Å². The monoisotopic (exact) mass is 233 g/mol. The normalized spacial score (nSPS) is 12.2. The molecule has 0 saturated heterocycles. The fourth-order valence-electron chi connectivity index (χ4n) is 0.319. The van der Waals surface area contributed by atoms with Crippen LogP contribution in [0.3, 0.4) is 0 Å². The van der Waals surface area contributed by atoms with E-state index in [2.05, 4.69) is 11.3 Å². The average molecular weight is 233 g/mol. The zero-order chi connectivity index (χ0) is 11.4. The Labute approximate surface area is 77.6 Å². The Balaban J connectivity index is 4.16. The minimum atomic E-state index is -5.46. The van der Waals surface area contributed by atoms with Crippen molar-refractivity contribution in [3.8, 4) is 0 Å². The van der Waals surface area contributed by atoms with E-state index in [1.165, 1.54) is 0 Å². The summed E-state index contributed by atoms with van der Waals surface area (Å²) in [5.41, 5.74) is -5.42. The van der Waals surface area contributed by atoms with Crippen molar-refractivity contribution in [3.63, 3.8) is 0 Å². The molecule has 0 aliphatic rings. The number of hydrogen-bond donors (Lipinski definition) is 1. The fraction of sp³-hybridized carbons (Fsp3) is 0.400. The van der Waals surface area contributed by atoms with Gasteiger partial charge in [-0.1, -0.05) is 6.58 Å². The number of carbonyl (C=O) groups excluding carboxylic acids is 1. The Kier molecular flexibility index (Phi) is 4.08. The van der Waals surface area contributed by atoms with Gasteiger partial charge in [0, 0.05) is 6.08 Å². The van der Waals surface area contributed by atoms with Gasteiger partial charge in [0.2, 0.25) is 0 Å². The number of ether oxygens (including phenoxy) is 1. The molecule has 0 radical (unpaired) electrons. The highest BCUT2D eigenvalue weighted by molar-refractivity contribution is 7.90. The Bertz CT molecular complexity index is 320. The van der Waals surface area contributed by atoms with Gasteiger partial charge in [-0.25, -0.2) is 13.2 Å². The number of esters is 1. The summed E-state index contributed by atoms with van der Waals surface area (Å²) < 4.78 is 60.4. The molecule has 0 fully saturated rings. The Morgan fingerprint density at radius 2 is 2.00 bits per heavy atom. The standard InChI is InChI=1S/C5H6F3NO4S/c1-2-4(10)13-3-9-14(11,12)5(6,7)8/h2,9H,1,3H2. The summed E-state index contributed by atoms with van der Waals surface area (Å²) in [6.07, 6.45) is 0.682. The zero-order valence-electron chi connectivity index (χ0n) is 6.67. The van der Waals surface area contributed by atoms with Crippen LogP contribution in [0.4, 0.5) is 13.2 Å². The van der Waals surface area contributed by atoms with Gasteiger partial charge < -0.3 is 4.74 Å². The van der Waals surface area contributed by atoms with Crippen LogP contribution in [0.5, 0.6) is 0 Å². The number of alkyl halides is 3. The summed E-state index contributed by atoms with van der Waals surface area (Å²) in [5.74, 6) is -1.03. The smallest absolute Gasteiger partial charge is 0.446 e. The summed E-state index contributed by atoms with van der Waals surface area (Å²) in [7, 11) is -5.46. The summed E-state index contributed by atoms with van der Waals surface area (Å²) in [6, 6.07) is 0. The van der Waals surface area contributed by atoms with Crippen molar-refractivity contribution in [1.29, 1.82) is 0 Å². The van der Waals surface area contributed by atoms with E-state index >= 15 is 0 Å². The first kappa shape index (κ1) is 12.9. The average Bonchev–Trinajstić information content (AvgIpc) is 2.01. The number of rotatable bonds is 4. The van der Waals surface area contributed by atoms with Crippen molar-refractivity contribution in [2.24, 2.45) is 0 Å². The van der Waals surface area contributed by atoms with E-state index in [-0.39, 0.29) is 0 Å². The van der Waals surface area contributed by atoms with Gasteiger partial charge in [0.15, 0.2) is 6.73 Å². The summed E-state index contributed by atoms with van der Waals surface area (Å²) in [5, 5.41) is 0. The van der Waals surface area contributed by atoms with Crippen LogP contribution in [0.2, 0.25) is 0 Å². The lowest BCUT2D eigenvalue weighted by Crippen LogP contribution is -2.38. The van der Waals surface area contributed by atoms with Crippen LogP contribution in [0.15, 0.2) is 12.7 Å². The third-order valence-corrected chi connectivity index (χ3v) is 2.04. The molecule has 0 rings (SSSR count). The first-order valence-electron chi connectivity index (χ1n) is 3.06. The highest BCUT2D eigenvalue weighted by atomic mass is 32.2. The lowest BCUT2D eigenvalue weighted by Gasteiger charge is -2.08. The van der Waals surface area contributed by atoms with Gasteiger partial charge in [-0.2, -0.15) is 17.9 Å². The van der Waals surface area contributed by atoms with Crippen molar-refractivity contribution in [2.45, 2.75) is 5.51 Å². The summed E-state index contributed by atoms with van der Waals surface area (Å²) in [6.45, 7) is 1.86. The molecule has 0 spiro atoms. The molecule has 1 N–H and O–H groups in total. The fourth-order valence-corrected chi connectivity index (χ4v) is 0.697. The number of sulfonamides is 1. The SMILES string of the molecule is C=CC(=O)OCNS(=O)(=O)C(F)(F)F. The van der Waals surface area contributed by atoms with Gasteiger partial charge in [-0.3, -0.25) is 0 Å². The minimum Gasteiger partial charge on any atom is -0.446 e. The zero-order valence-corrected chi connectivity index (χ0v) is 7.48. The van der Waals surface area contributed by atoms with E-state index in [0.717, 1.165) is 4.72 Å². The first-order valence-corrected chi connectivity index (χ1v) is 4.54. The topological polar surface area (TPSA) is 72.5 Å². The van der Waals surface area contributed by atoms with Crippen LogP contribution < -0.4 is 4.72 Å². The number of nitrogens with one attached hydrogen (secondary N) is 1. The molecule has 0 bridgehead atoms. The largest absolute Gasteiger partial charge is 0.511 e. The van der Waals surface area contributed by atoms with Crippen LogP contribution in [-0.4, -0.2) is 26.6 Å². The number of hydrogen-bond acceptors (Lipinski definition) is 4. The second kappa shape index (κ2) is 4.42. The van der Waals surface area contributed by atoms with Crippen molar-refractivity contribution in [1.82, 2.24) is 4.72 Å². The third-order valence-electron chi connectivity index (χ3n) is 0.935. The maximum Gasteiger partial charge on any atom is 0.511 e. The van der Waals surface area contributed by atoms with Crippen LogP contribution in [0.25, 0.3) is 0 Å². The quantitative estimate of drug-likeness (QED) is 0.425. The molecule has 0 aromatic rings. The van der Waals surface area contributed by atoms with E-state index in [9.17, 15) is 26.4 Å². The molecular weight excluding hydrogens is 227 g/mol. The first-order chi connectivity index (χ1) is 6.20. The van der Waals surface area contributed by atoms with Crippen LogP contribution in [0, 0.1) is 0 Å². The van der Waals surface area contributed by atoms with Gasteiger partial charge in [0.25, 0.3) is 0 Å². The Hall–Kier alpha value is -1.09. The van der Waals surface area contributed by atoms with Crippen LogP contribution in [0.1, 0.15) is 0 Å². The predicted octanol–water partition coefficient (Wildman–Crippen LogP) is 0.112. The molecule has 0 aromatic heterocycles. The van der Waals surface area contributed by atoms with Gasteiger partial charge in [-0.05, 0) is 0 Å². The minimum absolute atomic E-state index is 0.682. The summed E-state index contributed by atoms with van der Waals surface area (Å²) >= 11 is 0. The van der Waals surface area contributed by atoms with E-state index in [1.807, 2.05) is 0 Å². The lowest BCUT2D eigenvalue weighted by molar-refractivity contribution is -0.138. The highest BCUT2D eigenvalue weighted by Crippen LogP contribution is 2.21. The summed E-state index contributed by atoms with van der Waals surface area (Å²) in [4.78, 5) is 10.3. The molecule has 9 heteroatoms. The molecule has 0 saturated carbocycles. The molecule has 0 heterocycles. The Morgan fingerprint density at radius 1 is 1.50 bits per heavy atom. The van der Waals surface area contributed by atoms with Crippen LogP contribution >= 0.6 is 0 Å². The molecule has 82 valence electrons. The van der Waals surface area contributed by atoms with Crippen molar-refractivity contribution < 1.29 is 31.1 Å². The van der Waals surface area contributed by atoms with Gasteiger partial charge >= 0.3 is 21.5 Å². The Morgan fingerprint density at radius 3 is 2.36 bits per heavy atom. The van der Waals surface area contributed by atoms with E-state index in [1.54, 1.807) is 0 Å². The van der Waals surface area contributed by atoms with E-state index < -0.39 is 28.2 Å². The predicted molar refractivity (Wildman–Crippen MR) is 39.3 cm³/mol. The molecule has 14 heavy (non-hydrogen) atoms. The van der Waals surface area contributed by atoms with Gasteiger partial charge in [0.1, 0.15) is 0 Å². The van der Waals surface area contributed by atoms with Crippen LogP contribution in [-0.2, 0) is 19.6 Å². The van der Waals surface area contributed by atoms with Crippen molar-refractivity contribution in [2.75, 3.05) is 6.73 Å². The second-order valence-corrected chi connectivity index (χ2v) is 3.66. The van der Waals surface area contributed by atoms with Crippen molar-refractivity contribution in [3.05, 3.63) is 12.7 Å². The molecule has 5 nitrogen and oxygen atoms in total. The molecular formula is C5H6F3NO4S. The van der Waals surface area contributed by atoms with Crippen molar-refractivity contribution >= 4 is 16.0 Å². The maximum atomic E-state index is 11.6. The number of halogens is 3. The molecule has 0 aromatic carbocycles. The highest BCUT2D eigenvalue weighted by Gasteiger charge is 2.45. The van der Waals surface area contributed by atoms with E-state index in [0.29, 0.717) is 6.08 Å². The second-order valence-electron chi connectivity index (χ2n) is 1.91. The molecule has 0 atom stereocenters. The molecule has 0 aliphatic heterocycles. The maximum absolute atomic E-state index is 11.6. The van der Waals surface area contributed by atoms with Gasteiger partial charge in [-0.15, -0.1) is 0 Å². The molecule has 0 aliphatic carbocycles. The molecule has 0 amide bonds. The van der Waals surface area contributed by atoms with Gasteiger partial charge in [0.05, 0.1) is 0 Å². The lowest BCUT2D eigenvalue weighted by atomic mass is 10.7. The number of carbonyl (C=O) groups is 1. The third kappa shape index (κ3) is 3.75. The molecule has 0 unspecified atom stereocenters.